The number of halogens is 3. The van der Waals surface area contributed by atoms with Crippen molar-refractivity contribution in [2.24, 2.45) is 0 Å². The minimum Gasteiger partial charge on any atom is -0.369 e. The maximum atomic E-state index is 11.5. The highest BCUT2D eigenvalue weighted by molar-refractivity contribution is 5.88. The maximum absolute atomic E-state index is 11.5. The van der Waals surface area contributed by atoms with Crippen LogP contribution in [-0.4, -0.2) is 27.3 Å². The van der Waals surface area contributed by atoms with E-state index in [0.29, 0.717) is 0 Å². The first-order valence-corrected chi connectivity index (χ1v) is 6.03. The Morgan fingerprint density at radius 1 is 1.09 bits per heavy atom. The Kier molecular flexibility index (Phi) is 4.72. The second kappa shape index (κ2) is 6.70. The monoisotopic (exact) mass is 309 g/mol. The molecule has 22 heavy (non-hydrogen) atoms. The summed E-state index contributed by atoms with van der Waals surface area (Å²) in [6.07, 6.45) is -0.0793. The van der Waals surface area contributed by atoms with Crippen LogP contribution in [0.15, 0.2) is 55.2 Å². The number of nitrogens with zero attached hydrogens (tertiary/aromatic N) is 2. The number of fused-ring (bicyclic) bond motifs is 1. The lowest BCUT2D eigenvalue weighted by Gasteiger charge is -2.05. The van der Waals surface area contributed by atoms with Crippen LogP contribution in [0.25, 0.3) is 10.9 Å². The van der Waals surface area contributed by atoms with Crippen LogP contribution in [0.1, 0.15) is 10.4 Å². The molecule has 0 bridgehead atoms. The third kappa shape index (κ3) is 4.58. The van der Waals surface area contributed by atoms with Crippen molar-refractivity contribution >= 4 is 16.9 Å². The molecule has 0 spiro atoms. The Morgan fingerprint density at radius 2 is 1.77 bits per heavy atom. The lowest BCUT2D eigenvalue weighted by atomic mass is 10.3. The van der Waals surface area contributed by atoms with E-state index in [0.717, 1.165) is 18.7 Å². The van der Waals surface area contributed by atoms with Gasteiger partial charge in [0.2, 0.25) is 0 Å². The van der Waals surface area contributed by atoms with Crippen LogP contribution in [0.3, 0.4) is 0 Å². The van der Waals surface area contributed by atoms with Gasteiger partial charge in [-0.3, -0.25) is 0 Å². The normalized spacial score (nSPS) is 10.7. The van der Waals surface area contributed by atoms with Gasteiger partial charge in [-0.05, 0) is 17.5 Å². The topological polar surface area (TPSA) is 67.9 Å². The molecule has 0 fully saturated rings. The average molecular weight is 309 g/mol. The molecule has 2 heterocycles. The number of para-hydroxylation sites is 1. The predicted molar refractivity (Wildman–Crippen MR) is 71.8 cm³/mol. The fourth-order valence-electron chi connectivity index (χ4n) is 1.56. The highest BCUT2D eigenvalue weighted by atomic mass is 19.4. The molecule has 0 aliphatic rings. The molecule has 0 saturated carbocycles. The Morgan fingerprint density at radius 3 is 2.41 bits per heavy atom. The van der Waals surface area contributed by atoms with Gasteiger partial charge in [-0.25, -0.2) is 14.8 Å². The quantitative estimate of drug-likeness (QED) is 0.700. The van der Waals surface area contributed by atoms with Crippen molar-refractivity contribution in [3.8, 4) is 0 Å². The van der Waals surface area contributed by atoms with E-state index in [1.807, 2.05) is 18.3 Å². The number of alkyl halides is 3. The fraction of sp³-hybridized carbons (Fsp3) is 0.0714. The number of aromatic amines is 1. The number of esters is 1. The van der Waals surface area contributed by atoms with Crippen LogP contribution in [0.4, 0.5) is 13.2 Å². The largest absolute Gasteiger partial charge is 0.575 e. The van der Waals surface area contributed by atoms with E-state index in [1.54, 1.807) is 0 Å². The van der Waals surface area contributed by atoms with Crippen LogP contribution in [0.5, 0.6) is 0 Å². The number of hydrogen-bond donors (Lipinski definition) is 1. The molecule has 1 aromatic carbocycles. The van der Waals surface area contributed by atoms with Gasteiger partial charge in [-0.1, -0.05) is 18.2 Å². The van der Waals surface area contributed by atoms with Crippen molar-refractivity contribution < 1.29 is 22.7 Å². The van der Waals surface area contributed by atoms with Gasteiger partial charge < -0.3 is 9.72 Å². The third-order valence-electron chi connectivity index (χ3n) is 2.47. The van der Waals surface area contributed by atoms with Crippen molar-refractivity contribution in [3.05, 3.63) is 60.8 Å². The maximum Gasteiger partial charge on any atom is 0.575 e. The minimum atomic E-state index is -4.98. The van der Waals surface area contributed by atoms with Crippen molar-refractivity contribution in [2.75, 3.05) is 0 Å². The van der Waals surface area contributed by atoms with Crippen molar-refractivity contribution in [1.29, 1.82) is 0 Å². The Labute approximate surface area is 122 Å². The minimum absolute atomic E-state index is 0.347. The number of aromatic nitrogens is 3. The molecular weight excluding hydrogens is 299 g/mol. The van der Waals surface area contributed by atoms with E-state index >= 15 is 0 Å². The molecule has 0 unspecified atom stereocenters. The molecule has 0 aliphatic carbocycles. The van der Waals surface area contributed by atoms with E-state index in [9.17, 15) is 18.0 Å². The van der Waals surface area contributed by atoms with Crippen LogP contribution >= 0.6 is 0 Å². The van der Waals surface area contributed by atoms with Gasteiger partial charge in [0.15, 0.2) is 0 Å². The molecule has 0 saturated heterocycles. The molecule has 3 rings (SSSR count). The van der Waals surface area contributed by atoms with E-state index in [4.69, 9.17) is 0 Å². The first-order chi connectivity index (χ1) is 10.5. The zero-order valence-corrected chi connectivity index (χ0v) is 11.0. The second-order valence-electron chi connectivity index (χ2n) is 4.03. The fourth-order valence-corrected chi connectivity index (χ4v) is 1.56. The summed E-state index contributed by atoms with van der Waals surface area (Å²) in [7, 11) is 0. The van der Waals surface area contributed by atoms with Crippen molar-refractivity contribution in [2.45, 2.75) is 6.36 Å². The first kappa shape index (κ1) is 15.5. The summed E-state index contributed by atoms with van der Waals surface area (Å²) in [6, 6.07) is 10.3. The van der Waals surface area contributed by atoms with Crippen LogP contribution in [-0.2, 0) is 4.74 Å². The summed E-state index contributed by atoms with van der Waals surface area (Å²) in [6.45, 7) is 0. The Balaban J connectivity index is 0.000000170. The number of benzene rings is 1. The number of H-pyrrole nitrogens is 1. The van der Waals surface area contributed by atoms with Gasteiger partial charge >= 0.3 is 12.3 Å². The standard InChI is InChI=1S/C8H7N.C6H3F3N2O2/c1-2-4-8-7(3-1)5-6-9-8;7-6(8,9)13-5(12)4-1-10-3-11-2-4/h1-6,9H;1-3H. The molecule has 114 valence electrons. The molecule has 0 radical (unpaired) electrons. The molecule has 3 aromatic rings. The number of hydrogen-bond acceptors (Lipinski definition) is 4. The van der Waals surface area contributed by atoms with E-state index in [2.05, 4.69) is 37.9 Å². The Bertz CT molecular complexity index is 711. The van der Waals surface area contributed by atoms with Crippen molar-refractivity contribution in [3.63, 3.8) is 0 Å². The van der Waals surface area contributed by atoms with Gasteiger partial charge in [-0.2, -0.15) is 0 Å². The summed E-state index contributed by atoms with van der Waals surface area (Å²) >= 11 is 0. The predicted octanol–water partition coefficient (Wildman–Crippen LogP) is 3.32. The summed E-state index contributed by atoms with van der Waals surface area (Å²) < 4.78 is 37.6. The lowest BCUT2D eigenvalue weighted by Crippen LogP contribution is -2.19. The molecule has 8 heteroatoms. The molecule has 0 aliphatic heterocycles. The number of rotatable bonds is 1. The number of nitrogens with one attached hydrogen (secondary N) is 1. The highest BCUT2D eigenvalue weighted by Gasteiger charge is 2.34. The Hall–Kier alpha value is -2.90. The summed E-state index contributed by atoms with van der Waals surface area (Å²) in [5.74, 6) is -1.52. The molecule has 1 N–H and O–H groups in total. The molecular formula is C14H10F3N3O2. The van der Waals surface area contributed by atoms with Crippen LogP contribution in [0.2, 0.25) is 0 Å². The van der Waals surface area contributed by atoms with Gasteiger partial charge in [0.25, 0.3) is 0 Å². The van der Waals surface area contributed by atoms with Gasteiger partial charge in [0.05, 0.1) is 5.56 Å². The van der Waals surface area contributed by atoms with Crippen molar-refractivity contribution in [1.82, 2.24) is 15.0 Å². The summed E-state index contributed by atoms with van der Waals surface area (Å²) in [5, 5.41) is 1.28. The molecule has 0 amide bonds. The smallest absolute Gasteiger partial charge is 0.369 e. The lowest BCUT2D eigenvalue weighted by molar-refractivity contribution is -0.291. The molecule has 0 atom stereocenters. The number of carbonyl (C=O) groups is 1. The third-order valence-corrected chi connectivity index (χ3v) is 2.47. The summed E-state index contributed by atoms with van der Waals surface area (Å²) in [5.41, 5.74) is 0.859. The zero-order valence-electron chi connectivity index (χ0n) is 11.0. The molecule has 5 nitrogen and oxygen atoms in total. The van der Waals surface area contributed by atoms with Gasteiger partial charge in [0, 0.05) is 24.1 Å². The molecule has 2 aromatic heterocycles. The average Bonchev–Trinajstić information content (AvgIpc) is 2.95. The number of carbonyl (C=O) groups excluding carboxylic acids is 1. The zero-order chi connectivity index (χ0) is 16.0. The van der Waals surface area contributed by atoms with Gasteiger partial charge in [-0.15, -0.1) is 13.2 Å². The number of ether oxygens (including phenoxy) is 1. The van der Waals surface area contributed by atoms with Crippen LogP contribution in [0, 0.1) is 0 Å². The van der Waals surface area contributed by atoms with E-state index in [1.165, 1.54) is 10.9 Å². The van der Waals surface area contributed by atoms with E-state index in [-0.39, 0.29) is 5.56 Å². The SMILES string of the molecule is O=C(OC(F)(F)F)c1cncnc1.c1ccc2[nH]ccc2c1. The van der Waals surface area contributed by atoms with Gasteiger partial charge in [0.1, 0.15) is 6.33 Å². The highest BCUT2D eigenvalue weighted by Crippen LogP contribution is 2.18. The van der Waals surface area contributed by atoms with Crippen LogP contribution < -0.4 is 0 Å². The second-order valence-corrected chi connectivity index (χ2v) is 4.03. The van der Waals surface area contributed by atoms with E-state index < -0.39 is 12.3 Å². The first-order valence-electron chi connectivity index (χ1n) is 6.03. The summed E-state index contributed by atoms with van der Waals surface area (Å²) in [4.78, 5) is 20.5.